The molecule has 0 radical (unpaired) electrons. The zero-order chi connectivity index (χ0) is 17.4. The van der Waals surface area contributed by atoms with Crippen LogP contribution in [0.2, 0.25) is 0 Å². The number of guanidine groups is 1. The second-order valence-corrected chi connectivity index (χ2v) is 6.23. The van der Waals surface area contributed by atoms with Gasteiger partial charge in [0.1, 0.15) is 0 Å². The molecule has 0 aliphatic carbocycles. The molecule has 1 N–H and O–H groups in total. The largest absolute Gasteiger partial charge is 0.469 e. The van der Waals surface area contributed by atoms with Crippen molar-refractivity contribution in [3.8, 4) is 0 Å². The van der Waals surface area contributed by atoms with Gasteiger partial charge in [-0.2, -0.15) is 0 Å². The first-order valence-electron chi connectivity index (χ1n) is 8.78. The van der Waals surface area contributed by atoms with Crippen LogP contribution in [0.5, 0.6) is 0 Å². The number of hydrogen-bond donors (Lipinski definition) is 1. The SMILES string of the molecule is CCC(CNC(=NC)N1CCC(C(=O)OC)CC1)c1ccccc1. The van der Waals surface area contributed by atoms with Crippen molar-refractivity contribution in [2.24, 2.45) is 10.9 Å². The summed E-state index contributed by atoms with van der Waals surface area (Å²) in [5.74, 6) is 1.33. The van der Waals surface area contributed by atoms with Crippen LogP contribution in [0.1, 0.15) is 37.7 Å². The van der Waals surface area contributed by atoms with Gasteiger partial charge in [-0.25, -0.2) is 0 Å². The van der Waals surface area contributed by atoms with Crippen LogP contribution < -0.4 is 5.32 Å². The molecule has 5 heteroatoms. The van der Waals surface area contributed by atoms with E-state index >= 15 is 0 Å². The summed E-state index contributed by atoms with van der Waals surface area (Å²) in [6.45, 7) is 4.75. The van der Waals surface area contributed by atoms with Gasteiger partial charge in [-0.15, -0.1) is 0 Å². The van der Waals surface area contributed by atoms with E-state index in [-0.39, 0.29) is 11.9 Å². The van der Waals surface area contributed by atoms with Crippen LogP contribution in [0.3, 0.4) is 0 Å². The Balaban J connectivity index is 1.88. The molecule has 0 aromatic heterocycles. The average Bonchev–Trinajstić information content (AvgIpc) is 2.66. The van der Waals surface area contributed by atoms with E-state index in [4.69, 9.17) is 4.74 Å². The summed E-state index contributed by atoms with van der Waals surface area (Å²) in [7, 11) is 3.28. The molecule has 24 heavy (non-hydrogen) atoms. The van der Waals surface area contributed by atoms with Gasteiger partial charge in [0.15, 0.2) is 5.96 Å². The Morgan fingerprint density at radius 3 is 2.54 bits per heavy atom. The second-order valence-electron chi connectivity index (χ2n) is 6.23. The summed E-state index contributed by atoms with van der Waals surface area (Å²) in [4.78, 5) is 18.3. The summed E-state index contributed by atoms with van der Waals surface area (Å²) in [6, 6.07) is 10.6. The maximum Gasteiger partial charge on any atom is 0.308 e. The highest BCUT2D eigenvalue weighted by Gasteiger charge is 2.27. The Morgan fingerprint density at radius 2 is 2.00 bits per heavy atom. The molecule has 1 aliphatic heterocycles. The molecule has 132 valence electrons. The third kappa shape index (κ3) is 4.73. The topological polar surface area (TPSA) is 53.9 Å². The number of rotatable bonds is 5. The fourth-order valence-corrected chi connectivity index (χ4v) is 3.26. The molecule has 1 unspecified atom stereocenters. The van der Waals surface area contributed by atoms with Gasteiger partial charge in [0, 0.05) is 32.6 Å². The number of aliphatic imine (C=N–C) groups is 1. The van der Waals surface area contributed by atoms with Crippen molar-refractivity contribution in [1.82, 2.24) is 10.2 Å². The number of hydrogen-bond acceptors (Lipinski definition) is 3. The molecule has 0 amide bonds. The van der Waals surface area contributed by atoms with Gasteiger partial charge >= 0.3 is 5.97 Å². The van der Waals surface area contributed by atoms with Crippen LogP contribution in [0.25, 0.3) is 0 Å². The quantitative estimate of drug-likeness (QED) is 0.512. The molecule has 0 bridgehead atoms. The summed E-state index contributed by atoms with van der Waals surface area (Å²) in [6.07, 6.45) is 2.73. The maximum atomic E-state index is 11.6. The number of carbonyl (C=O) groups excluding carboxylic acids is 1. The molecule has 5 nitrogen and oxygen atoms in total. The van der Waals surface area contributed by atoms with Crippen molar-refractivity contribution >= 4 is 11.9 Å². The number of likely N-dealkylation sites (tertiary alicyclic amines) is 1. The van der Waals surface area contributed by atoms with Gasteiger partial charge in [-0.1, -0.05) is 37.3 Å². The van der Waals surface area contributed by atoms with E-state index < -0.39 is 0 Å². The summed E-state index contributed by atoms with van der Waals surface area (Å²) >= 11 is 0. The molecule has 2 rings (SSSR count). The van der Waals surface area contributed by atoms with Crippen LogP contribution in [0.15, 0.2) is 35.3 Å². The highest BCUT2D eigenvalue weighted by molar-refractivity contribution is 5.80. The van der Waals surface area contributed by atoms with Gasteiger partial charge in [0.05, 0.1) is 13.0 Å². The highest BCUT2D eigenvalue weighted by Crippen LogP contribution is 2.20. The predicted molar refractivity (Wildman–Crippen MR) is 97.1 cm³/mol. The minimum absolute atomic E-state index is 0.0251. The molecule has 1 fully saturated rings. The normalized spacial score (nSPS) is 17.5. The highest BCUT2D eigenvalue weighted by atomic mass is 16.5. The standard InChI is InChI=1S/C19H29N3O2/c1-4-15(16-8-6-5-7-9-16)14-21-19(20-2)22-12-10-17(11-13-22)18(23)24-3/h5-9,15,17H,4,10-14H2,1-3H3,(H,20,21). The lowest BCUT2D eigenvalue weighted by Crippen LogP contribution is -2.47. The number of nitrogens with zero attached hydrogens (tertiary/aromatic N) is 2. The molecule has 1 saturated heterocycles. The first kappa shape index (κ1) is 18.3. The van der Waals surface area contributed by atoms with E-state index in [1.807, 2.05) is 13.1 Å². The Kier molecular flexibility index (Phi) is 7.09. The lowest BCUT2D eigenvalue weighted by Gasteiger charge is -2.33. The Labute approximate surface area is 145 Å². The predicted octanol–water partition coefficient (Wildman–Crippen LogP) is 2.64. The molecule has 1 heterocycles. The van der Waals surface area contributed by atoms with Crippen LogP contribution in [-0.4, -0.2) is 50.6 Å². The summed E-state index contributed by atoms with van der Waals surface area (Å²) in [5, 5.41) is 3.51. The average molecular weight is 331 g/mol. The van der Waals surface area contributed by atoms with Gasteiger partial charge in [-0.3, -0.25) is 9.79 Å². The number of esters is 1. The van der Waals surface area contributed by atoms with Crippen molar-refractivity contribution in [3.63, 3.8) is 0 Å². The molecule has 1 aromatic rings. The van der Waals surface area contributed by atoms with E-state index in [1.165, 1.54) is 12.7 Å². The maximum absolute atomic E-state index is 11.6. The first-order chi connectivity index (χ1) is 11.7. The number of nitrogens with one attached hydrogen (secondary N) is 1. The fraction of sp³-hybridized carbons (Fsp3) is 0.579. The second kappa shape index (κ2) is 9.30. The molecular formula is C19H29N3O2. The first-order valence-corrected chi connectivity index (χ1v) is 8.78. The van der Waals surface area contributed by atoms with Crippen molar-refractivity contribution < 1.29 is 9.53 Å². The molecule has 1 atom stereocenters. The van der Waals surface area contributed by atoms with Crippen LogP contribution >= 0.6 is 0 Å². The van der Waals surface area contributed by atoms with Crippen LogP contribution in [-0.2, 0) is 9.53 Å². The lowest BCUT2D eigenvalue weighted by atomic mass is 9.96. The van der Waals surface area contributed by atoms with Gasteiger partial charge < -0.3 is 15.0 Å². The van der Waals surface area contributed by atoms with Gasteiger partial charge in [-0.05, 0) is 24.8 Å². The molecule has 0 spiro atoms. The Bertz CT molecular complexity index is 537. The number of carbonyl (C=O) groups is 1. The Morgan fingerprint density at radius 1 is 1.33 bits per heavy atom. The van der Waals surface area contributed by atoms with Crippen molar-refractivity contribution in [2.75, 3.05) is 33.8 Å². The van der Waals surface area contributed by atoms with E-state index in [0.717, 1.165) is 44.9 Å². The van der Waals surface area contributed by atoms with Crippen molar-refractivity contribution in [2.45, 2.75) is 32.1 Å². The van der Waals surface area contributed by atoms with E-state index in [1.54, 1.807) is 0 Å². The lowest BCUT2D eigenvalue weighted by molar-refractivity contribution is -0.146. The van der Waals surface area contributed by atoms with Crippen molar-refractivity contribution in [1.29, 1.82) is 0 Å². The van der Waals surface area contributed by atoms with Crippen LogP contribution in [0, 0.1) is 5.92 Å². The zero-order valence-corrected chi connectivity index (χ0v) is 15.0. The smallest absolute Gasteiger partial charge is 0.308 e. The van der Waals surface area contributed by atoms with Gasteiger partial charge in [0.2, 0.25) is 0 Å². The number of methoxy groups -OCH3 is 1. The van der Waals surface area contributed by atoms with Crippen LogP contribution in [0.4, 0.5) is 0 Å². The minimum atomic E-state index is -0.0901. The number of ether oxygens (including phenoxy) is 1. The molecule has 0 saturated carbocycles. The number of piperidine rings is 1. The molecule has 1 aromatic carbocycles. The summed E-state index contributed by atoms with van der Waals surface area (Å²) in [5.41, 5.74) is 1.35. The third-order valence-electron chi connectivity index (χ3n) is 4.81. The van der Waals surface area contributed by atoms with Crippen molar-refractivity contribution in [3.05, 3.63) is 35.9 Å². The third-order valence-corrected chi connectivity index (χ3v) is 4.81. The summed E-state index contributed by atoms with van der Waals surface area (Å²) < 4.78 is 4.85. The van der Waals surface area contributed by atoms with E-state index in [2.05, 4.69) is 46.4 Å². The van der Waals surface area contributed by atoms with Gasteiger partial charge in [0.25, 0.3) is 0 Å². The molecular weight excluding hydrogens is 302 g/mol. The fourth-order valence-electron chi connectivity index (χ4n) is 3.26. The Hall–Kier alpha value is -2.04. The van der Waals surface area contributed by atoms with E-state index in [0.29, 0.717) is 5.92 Å². The monoisotopic (exact) mass is 331 g/mol. The zero-order valence-electron chi connectivity index (χ0n) is 15.0. The number of benzene rings is 1. The van der Waals surface area contributed by atoms with E-state index in [9.17, 15) is 4.79 Å². The molecule has 1 aliphatic rings. The minimum Gasteiger partial charge on any atom is -0.469 e.